The first-order valence-electron chi connectivity index (χ1n) is 7.08. The Balaban J connectivity index is 0.00000161. The van der Waals surface area contributed by atoms with E-state index < -0.39 is 0 Å². The van der Waals surface area contributed by atoms with Gasteiger partial charge in [0, 0.05) is 17.0 Å². The number of phenols is 1. The molecule has 0 amide bonds. The number of fused-ring (bicyclic) bond motifs is 1. The van der Waals surface area contributed by atoms with Crippen LogP contribution in [-0.2, 0) is 11.8 Å². The van der Waals surface area contributed by atoms with Crippen molar-refractivity contribution in [3.8, 4) is 5.75 Å². The molecule has 0 aromatic heterocycles. The Kier molecular flexibility index (Phi) is 4.05. The summed E-state index contributed by atoms with van der Waals surface area (Å²) in [6.45, 7) is 6.24. The summed E-state index contributed by atoms with van der Waals surface area (Å²) in [5.74, 6) is 0.373. The van der Waals surface area contributed by atoms with E-state index in [9.17, 15) is 5.11 Å². The van der Waals surface area contributed by atoms with Crippen molar-refractivity contribution in [2.45, 2.75) is 38.6 Å². The molecule has 0 radical (unpaired) electrons. The molecule has 112 valence electrons. The molecule has 0 fully saturated rings. The molecule has 1 aliphatic carbocycles. The van der Waals surface area contributed by atoms with E-state index in [0.29, 0.717) is 5.75 Å². The molecule has 0 aliphatic heterocycles. The lowest BCUT2D eigenvalue weighted by molar-refractivity contribution is 0.400. The summed E-state index contributed by atoms with van der Waals surface area (Å²) in [6, 6.07) is 12.3. The SMILES string of the molecule is Cc1cc(C)c2c(c1O)C(N)C(C)(c1ccccc1)C2.Cl. The molecule has 0 saturated carbocycles. The number of rotatable bonds is 1. The molecule has 2 atom stereocenters. The monoisotopic (exact) mass is 303 g/mol. The third-order valence-corrected chi connectivity index (χ3v) is 4.84. The van der Waals surface area contributed by atoms with Crippen LogP contribution in [-0.4, -0.2) is 5.11 Å². The van der Waals surface area contributed by atoms with Crippen molar-refractivity contribution in [2.24, 2.45) is 5.73 Å². The van der Waals surface area contributed by atoms with Crippen molar-refractivity contribution in [2.75, 3.05) is 0 Å². The quantitative estimate of drug-likeness (QED) is 0.838. The maximum absolute atomic E-state index is 10.4. The second kappa shape index (κ2) is 5.36. The van der Waals surface area contributed by atoms with Gasteiger partial charge in [-0.05, 0) is 42.5 Å². The van der Waals surface area contributed by atoms with Crippen LogP contribution in [0.2, 0.25) is 0 Å². The van der Waals surface area contributed by atoms with Crippen molar-refractivity contribution in [3.63, 3.8) is 0 Å². The van der Waals surface area contributed by atoms with Gasteiger partial charge in [-0.3, -0.25) is 0 Å². The van der Waals surface area contributed by atoms with Crippen LogP contribution >= 0.6 is 12.4 Å². The number of benzene rings is 2. The summed E-state index contributed by atoms with van der Waals surface area (Å²) < 4.78 is 0. The van der Waals surface area contributed by atoms with Crippen molar-refractivity contribution >= 4 is 12.4 Å². The Bertz CT molecular complexity index is 669. The predicted molar refractivity (Wildman–Crippen MR) is 89.3 cm³/mol. The van der Waals surface area contributed by atoms with Gasteiger partial charge in [0.05, 0.1) is 0 Å². The normalized spacial score (nSPS) is 23.5. The fourth-order valence-electron chi connectivity index (χ4n) is 3.51. The van der Waals surface area contributed by atoms with Crippen LogP contribution in [0.1, 0.15) is 40.8 Å². The molecule has 0 spiro atoms. The smallest absolute Gasteiger partial charge is 0.123 e. The van der Waals surface area contributed by atoms with Crippen molar-refractivity contribution < 1.29 is 5.11 Å². The molecule has 2 nitrogen and oxygen atoms in total. The van der Waals surface area contributed by atoms with E-state index in [2.05, 4.69) is 32.0 Å². The summed E-state index contributed by atoms with van der Waals surface area (Å²) in [4.78, 5) is 0. The fraction of sp³-hybridized carbons (Fsp3) is 0.333. The molecular formula is C18H22ClNO. The zero-order valence-electron chi connectivity index (χ0n) is 12.7. The molecule has 3 rings (SSSR count). The van der Waals surface area contributed by atoms with Crippen molar-refractivity contribution in [1.82, 2.24) is 0 Å². The van der Waals surface area contributed by atoms with Gasteiger partial charge < -0.3 is 10.8 Å². The number of aromatic hydroxyl groups is 1. The first-order valence-corrected chi connectivity index (χ1v) is 7.08. The van der Waals surface area contributed by atoms with Gasteiger partial charge in [-0.1, -0.05) is 43.3 Å². The minimum absolute atomic E-state index is 0. The van der Waals surface area contributed by atoms with Gasteiger partial charge in [0.15, 0.2) is 0 Å². The molecule has 2 aromatic carbocycles. The molecular weight excluding hydrogens is 282 g/mol. The highest BCUT2D eigenvalue weighted by Gasteiger charge is 2.44. The average Bonchev–Trinajstić information content (AvgIpc) is 2.72. The molecule has 2 unspecified atom stereocenters. The van der Waals surface area contributed by atoms with E-state index in [-0.39, 0.29) is 23.9 Å². The summed E-state index contributed by atoms with van der Waals surface area (Å²) in [5.41, 5.74) is 11.9. The summed E-state index contributed by atoms with van der Waals surface area (Å²) in [5, 5.41) is 10.4. The summed E-state index contributed by atoms with van der Waals surface area (Å²) in [6.07, 6.45) is 0.882. The Labute approximate surface area is 132 Å². The van der Waals surface area contributed by atoms with Crippen molar-refractivity contribution in [3.05, 3.63) is 64.2 Å². The minimum Gasteiger partial charge on any atom is -0.507 e. The standard InChI is InChI=1S/C18H21NO.ClH/c1-11-9-12(2)16(20)15-14(11)10-18(3,17(15)19)13-7-5-4-6-8-13;/h4-9,17,20H,10,19H2,1-3H3;1H. The largest absolute Gasteiger partial charge is 0.507 e. The van der Waals surface area contributed by atoms with Gasteiger partial charge in [0.1, 0.15) is 5.75 Å². The van der Waals surface area contributed by atoms with Gasteiger partial charge in [-0.15, -0.1) is 12.4 Å². The summed E-state index contributed by atoms with van der Waals surface area (Å²) in [7, 11) is 0. The third kappa shape index (κ3) is 2.23. The molecule has 21 heavy (non-hydrogen) atoms. The predicted octanol–water partition coefficient (Wildman–Crippen LogP) is 3.94. The Morgan fingerprint density at radius 3 is 2.38 bits per heavy atom. The van der Waals surface area contributed by atoms with Crippen LogP contribution in [0.25, 0.3) is 0 Å². The molecule has 0 saturated heterocycles. The zero-order valence-corrected chi connectivity index (χ0v) is 13.5. The van der Waals surface area contributed by atoms with E-state index >= 15 is 0 Å². The van der Waals surface area contributed by atoms with Gasteiger partial charge in [0.2, 0.25) is 0 Å². The minimum atomic E-state index is -0.168. The van der Waals surface area contributed by atoms with Crippen LogP contribution in [0, 0.1) is 13.8 Å². The lowest BCUT2D eigenvalue weighted by atomic mass is 9.77. The van der Waals surface area contributed by atoms with Crippen LogP contribution in [0.15, 0.2) is 36.4 Å². The highest BCUT2D eigenvalue weighted by atomic mass is 35.5. The number of nitrogens with two attached hydrogens (primary N) is 1. The maximum atomic E-state index is 10.4. The second-order valence-corrected chi connectivity index (χ2v) is 6.19. The van der Waals surface area contributed by atoms with Crippen LogP contribution < -0.4 is 5.73 Å². The van der Waals surface area contributed by atoms with Crippen LogP contribution in [0.4, 0.5) is 0 Å². The highest BCUT2D eigenvalue weighted by molar-refractivity contribution is 5.85. The molecule has 3 N–H and O–H groups in total. The summed E-state index contributed by atoms with van der Waals surface area (Å²) >= 11 is 0. The second-order valence-electron chi connectivity index (χ2n) is 6.19. The fourth-order valence-corrected chi connectivity index (χ4v) is 3.51. The number of phenolic OH excluding ortho intramolecular Hbond substituents is 1. The number of aryl methyl sites for hydroxylation is 2. The lowest BCUT2D eigenvalue weighted by Gasteiger charge is -2.30. The highest BCUT2D eigenvalue weighted by Crippen LogP contribution is 2.50. The molecule has 2 aromatic rings. The van der Waals surface area contributed by atoms with E-state index in [1.54, 1.807) is 0 Å². The molecule has 0 bridgehead atoms. The van der Waals surface area contributed by atoms with E-state index in [1.165, 1.54) is 16.7 Å². The first-order chi connectivity index (χ1) is 9.45. The topological polar surface area (TPSA) is 46.2 Å². The molecule has 0 heterocycles. The number of hydrogen-bond acceptors (Lipinski definition) is 2. The maximum Gasteiger partial charge on any atom is 0.123 e. The first kappa shape index (κ1) is 15.9. The molecule has 1 aliphatic rings. The van der Waals surface area contributed by atoms with Crippen molar-refractivity contribution in [1.29, 1.82) is 0 Å². The molecule has 3 heteroatoms. The van der Waals surface area contributed by atoms with E-state index in [0.717, 1.165) is 17.5 Å². The average molecular weight is 304 g/mol. The van der Waals surface area contributed by atoms with Crippen LogP contribution in [0.5, 0.6) is 5.75 Å². The van der Waals surface area contributed by atoms with E-state index in [1.807, 2.05) is 25.1 Å². The van der Waals surface area contributed by atoms with Gasteiger partial charge in [-0.25, -0.2) is 0 Å². The Hall–Kier alpha value is -1.51. The Morgan fingerprint density at radius 1 is 1.14 bits per heavy atom. The zero-order chi connectivity index (χ0) is 14.5. The van der Waals surface area contributed by atoms with Gasteiger partial charge in [-0.2, -0.15) is 0 Å². The third-order valence-electron chi connectivity index (χ3n) is 4.84. The van der Waals surface area contributed by atoms with Gasteiger partial charge >= 0.3 is 0 Å². The number of halogens is 1. The van der Waals surface area contributed by atoms with E-state index in [4.69, 9.17) is 5.73 Å². The van der Waals surface area contributed by atoms with Crippen LogP contribution in [0.3, 0.4) is 0 Å². The number of hydrogen-bond donors (Lipinski definition) is 2. The lowest BCUT2D eigenvalue weighted by Crippen LogP contribution is -2.32. The van der Waals surface area contributed by atoms with Gasteiger partial charge in [0.25, 0.3) is 0 Å². The Morgan fingerprint density at radius 2 is 1.76 bits per heavy atom.